The standard InChI is InChI=1S/3CHO.Rh/c3*1-2;/h3*1H;. The molecule has 4 heteroatoms. The van der Waals surface area contributed by atoms with Gasteiger partial charge in [0.15, 0.2) is 0 Å². The van der Waals surface area contributed by atoms with E-state index < -0.39 is 16.0 Å². The van der Waals surface area contributed by atoms with Crippen molar-refractivity contribution in [3.05, 3.63) is 0 Å². The molecule has 0 radical (unpaired) electrons. The molecule has 0 bridgehead atoms. The molecule has 0 aliphatic rings. The Kier molecular flexibility index (Phi) is 3.61. The molecule has 0 atom stereocenters. The molecule has 0 aromatic carbocycles. The Morgan fingerprint density at radius 3 is 1.14 bits per heavy atom. The molecule has 0 aromatic heterocycles. The molecule has 42 valence electrons. The maximum atomic E-state index is 9.56. The fourth-order valence-electron chi connectivity index (χ4n) is 0.0556. The second-order valence-electron chi connectivity index (χ2n) is 0.569. The van der Waals surface area contributed by atoms with E-state index in [1.54, 1.807) is 0 Å². The molecule has 0 rings (SSSR count). The van der Waals surface area contributed by atoms with Crippen molar-refractivity contribution in [3.63, 3.8) is 0 Å². The Morgan fingerprint density at radius 1 is 0.857 bits per heavy atom. The molecule has 0 spiro atoms. The van der Waals surface area contributed by atoms with Crippen LogP contribution in [-0.2, 0) is 30.3 Å². The fourth-order valence-corrected chi connectivity index (χ4v) is 0.329. The monoisotopic (exact) mass is 190 g/mol. The van der Waals surface area contributed by atoms with Crippen LogP contribution in [0.4, 0.5) is 0 Å². The van der Waals surface area contributed by atoms with Gasteiger partial charge in [-0.15, -0.1) is 0 Å². The van der Waals surface area contributed by atoms with Gasteiger partial charge in [0.05, 0.1) is 0 Å². The third kappa shape index (κ3) is 2.34. The van der Waals surface area contributed by atoms with Crippen molar-refractivity contribution in [2.45, 2.75) is 0 Å². The minimum atomic E-state index is -2.14. The number of rotatable bonds is 3. The molecule has 3 nitrogen and oxygen atoms in total. The van der Waals surface area contributed by atoms with Gasteiger partial charge in [-0.2, -0.15) is 0 Å². The summed E-state index contributed by atoms with van der Waals surface area (Å²) < 4.78 is 0. The first-order valence-corrected chi connectivity index (χ1v) is 4.12. The Hall–Kier alpha value is -0.367. The van der Waals surface area contributed by atoms with Gasteiger partial charge in [-0.3, -0.25) is 0 Å². The summed E-state index contributed by atoms with van der Waals surface area (Å²) >= 11 is -2.14. The average Bonchev–Trinajstić information content (AvgIpc) is 1.72. The van der Waals surface area contributed by atoms with E-state index in [1.165, 1.54) is 0 Å². The summed E-state index contributed by atoms with van der Waals surface area (Å²) in [7, 11) is 0. The first-order valence-electron chi connectivity index (χ1n) is 1.28. The molecule has 0 aromatic rings. The zero-order valence-corrected chi connectivity index (χ0v) is 4.93. The van der Waals surface area contributed by atoms with E-state index in [9.17, 15) is 14.4 Å². The van der Waals surface area contributed by atoms with Crippen LogP contribution in [0.1, 0.15) is 0 Å². The SMILES string of the molecule is O=[CH][Rh]([CH]=O)[CH]=O. The number of hydrogen-bond donors (Lipinski definition) is 0. The van der Waals surface area contributed by atoms with Crippen molar-refractivity contribution in [1.82, 2.24) is 0 Å². The van der Waals surface area contributed by atoms with Gasteiger partial charge in [-0.05, 0) is 0 Å². The number of hydrogen-bond acceptors (Lipinski definition) is 3. The second-order valence-corrected chi connectivity index (χ2v) is 3.37. The summed E-state index contributed by atoms with van der Waals surface area (Å²) in [6, 6.07) is 0. The van der Waals surface area contributed by atoms with Gasteiger partial charge < -0.3 is 0 Å². The van der Waals surface area contributed by atoms with E-state index in [0.717, 1.165) is 0 Å². The average molecular weight is 190 g/mol. The van der Waals surface area contributed by atoms with Crippen molar-refractivity contribution in [2.75, 3.05) is 0 Å². The molecule has 0 heterocycles. The van der Waals surface area contributed by atoms with Crippen molar-refractivity contribution in [3.8, 4) is 0 Å². The van der Waals surface area contributed by atoms with E-state index in [-0.39, 0.29) is 0 Å². The molecule has 0 aliphatic carbocycles. The molecule has 0 saturated carbocycles. The third-order valence-corrected chi connectivity index (χ3v) is 1.61. The van der Waals surface area contributed by atoms with Crippen molar-refractivity contribution in [2.24, 2.45) is 0 Å². The summed E-state index contributed by atoms with van der Waals surface area (Å²) in [6.07, 6.45) is 0. The molecule has 0 amide bonds. The van der Waals surface area contributed by atoms with Gasteiger partial charge in [0, 0.05) is 0 Å². The van der Waals surface area contributed by atoms with Gasteiger partial charge in [0.2, 0.25) is 0 Å². The van der Waals surface area contributed by atoms with Crippen LogP contribution in [0.5, 0.6) is 0 Å². The number of carbonyl (C=O) groups excluding carboxylic acids is 3. The van der Waals surface area contributed by atoms with Gasteiger partial charge >= 0.3 is 45.0 Å². The summed E-state index contributed by atoms with van der Waals surface area (Å²) in [6.45, 7) is 0. The molecule has 0 aliphatic heterocycles. The molecule has 0 N–H and O–H groups in total. The maximum absolute atomic E-state index is 9.56. The van der Waals surface area contributed by atoms with Crippen LogP contribution in [0, 0.1) is 0 Å². The van der Waals surface area contributed by atoms with Crippen LogP contribution in [0.15, 0.2) is 0 Å². The van der Waals surface area contributed by atoms with Crippen LogP contribution in [-0.4, -0.2) is 14.6 Å². The molecule has 0 fully saturated rings. The molecular weight excluding hydrogens is 187 g/mol. The van der Waals surface area contributed by atoms with E-state index in [0.29, 0.717) is 14.6 Å². The van der Waals surface area contributed by atoms with Crippen molar-refractivity contribution >= 4 is 14.6 Å². The van der Waals surface area contributed by atoms with Gasteiger partial charge in [0.25, 0.3) is 0 Å². The molecule has 7 heavy (non-hydrogen) atoms. The predicted octanol–water partition coefficient (Wildman–Crippen LogP) is -0.825. The van der Waals surface area contributed by atoms with E-state index in [2.05, 4.69) is 0 Å². The second kappa shape index (κ2) is 3.81. The van der Waals surface area contributed by atoms with E-state index >= 15 is 0 Å². The summed E-state index contributed by atoms with van der Waals surface area (Å²) in [4.78, 5) is 30.0. The quantitative estimate of drug-likeness (QED) is 0.431. The van der Waals surface area contributed by atoms with Crippen LogP contribution in [0.25, 0.3) is 0 Å². The topological polar surface area (TPSA) is 51.2 Å². The van der Waals surface area contributed by atoms with Crippen LogP contribution in [0.2, 0.25) is 0 Å². The van der Waals surface area contributed by atoms with E-state index in [4.69, 9.17) is 0 Å². The fraction of sp³-hybridized carbons (Fsp3) is 0. The normalized spacial score (nSPS) is 9.43. The zero-order valence-electron chi connectivity index (χ0n) is 3.29. The molecular formula is C3H3O3Rh. The molecule has 0 unspecified atom stereocenters. The van der Waals surface area contributed by atoms with Gasteiger partial charge in [-0.1, -0.05) is 0 Å². The van der Waals surface area contributed by atoms with E-state index in [1.807, 2.05) is 0 Å². The minimum absolute atomic E-state index is 0.422. The third-order valence-electron chi connectivity index (χ3n) is 0.272. The van der Waals surface area contributed by atoms with Gasteiger partial charge in [-0.25, -0.2) is 0 Å². The Bertz CT molecular complexity index is 71.2. The van der Waals surface area contributed by atoms with Crippen LogP contribution < -0.4 is 0 Å². The first-order chi connectivity index (χ1) is 3.35. The van der Waals surface area contributed by atoms with Crippen molar-refractivity contribution < 1.29 is 30.3 Å². The predicted molar refractivity (Wildman–Crippen MR) is 20.3 cm³/mol. The van der Waals surface area contributed by atoms with Crippen molar-refractivity contribution in [1.29, 1.82) is 0 Å². The first kappa shape index (κ1) is 6.63. The molecule has 0 saturated heterocycles. The van der Waals surface area contributed by atoms with Crippen LogP contribution in [0.3, 0.4) is 0 Å². The Balaban J connectivity index is 3.57. The summed E-state index contributed by atoms with van der Waals surface area (Å²) in [5, 5.41) is 0. The Labute approximate surface area is 45.6 Å². The Morgan fingerprint density at radius 2 is 1.14 bits per heavy atom. The van der Waals surface area contributed by atoms with Gasteiger partial charge in [0.1, 0.15) is 0 Å². The zero-order chi connectivity index (χ0) is 5.70. The van der Waals surface area contributed by atoms with Crippen LogP contribution >= 0.6 is 0 Å². The summed E-state index contributed by atoms with van der Waals surface area (Å²) in [5.41, 5.74) is 0. The number of carbonyl (C=O) groups is 3. The summed E-state index contributed by atoms with van der Waals surface area (Å²) in [5.74, 6) is 0.